The minimum absolute atomic E-state index is 0.00306. The first-order chi connectivity index (χ1) is 7.04. The smallest absolute Gasteiger partial charge is 0.0644 e. The van der Waals surface area contributed by atoms with Crippen LogP contribution in [0.3, 0.4) is 0 Å². The summed E-state index contributed by atoms with van der Waals surface area (Å²) in [6.07, 6.45) is 2.67. The summed E-state index contributed by atoms with van der Waals surface area (Å²) in [6, 6.07) is 0. The average molecular weight is 216 g/mol. The number of hydrogen-bond acceptors (Lipinski definition) is 4. The van der Waals surface area contributed by atoms with E-state index in [0.29, 0.717) is 6.54 Å². The molecule has 1 rings (SSSR count). The summed E-state index contributed by atoms with van der Waals surface area (Å²) in [5.74, 6) is 0. The van der Waals surface area contributed by atoms with Crippen LogP contribution in [0.1, 0.15) is 33.1 Å². The van der Waals surface area contributed by atoms with E-state index in [0.717, 1.165) is 32.4 Å². The van der Waals surface area contributed by atoms with Crippen molar-refractivity contribution < 1.29 is 9.84 Å². The highest BCUT2D eigenvalue weighted by Gasteiger charge is 2.39. The molecule has 0 spiro atoms. The van der Waals surface area contributed by atoms with E-state index in [-0.39, 0.29) is 17.7 Å². The Hall–Kier alpha value is -0.160. The second kappa shape index (κ2) is 5.25. The molecule has 1 fully saturated rings. The summed E-state index contributed by atoms with van der Waals surface area (Å²) in [4.78, 5) is 0. The molecule has 0 aromatic heterocycles. The van der Waals surface area contributed by atoms with Crippen molar-refractivity contribution in [1.82, 2.24) is 5.32 Å². The van der Waals surface area contributed by atoms with E-state index >= 15 is 0 Å². The minimum Gasteiger partial charge on any atom is -0.396 e. The zero-order chi connectivity index (χ0) is 11.4. The van der Waals surface area contributed by atoms with Gasteiger partial charge in [-0.3, -0.25) is 0 Å². The molecule has 15 heavy (non-hydrogen) atoms. The molecule has 1 aliphatic heterocycles. The van der Waals surface area contributed by atoms with Crippen LogP contribution in [0.4, 0.5) is 0 Å². The fraction of sp³-hybridized carbons (Fsp3) is 1.00. The monoisotopic (exact) mass is 216 g/mol. The van der Waals surface area contributed by atoms with E-state index < -0.39 is 0 Å². The molecule has 0 aliphatic carbocycles. The fourth-order valence-electron chi connectivity index (χ4n) is 2.31. The van der Waals surface area contributed by atoms with Crippen LogP contribution >= 0.6 is 0 Å². The lowest BCUT2D eigenvalue weighted by molar-refractivity contribution is -0.0857. The molecule has 0 aromatic rings. The Morgan fingerprint density at radius 3 is 2.73 bits per heavy atom. The highest BCUT2D eigenvalue weighted by molar-refractivity contribution is 4.97. The van der Waals surface area contributed by atoms with Crippen molar-refractivity contribution >= 4 is 0 Å². The Bertz CT molecular complexity index is 197. The van der Waals surface area contributed by atoms with Gasteiger partial charge >= 0.3 is 0 Å². The first-order valence-corrected chi connectivity index (χ1v) is 5.74. The Morgan fingerprint density at radius 2 is 2.20 bits per heavy atom. The molecule has 0 saturated carbocycles. The SMILES string of the molecule is CC1(C)CC(CN)(NCCCO)CCO1. The largest absolute Gasteiger partial charge is 0.396 e. The van der Waals surface area contributed by atoms with Crippen molar-refractivity contribution in [2.24, 2.45) is 5.73 Å². The molecule has 1 atom stereocenters. The lowest BCUT2D eigenvalue weighted by atomic mass is 9.81. The van der Waals surface area contributed by atoms with Crippen LogP contribution in [-0.4, -0.2) is 42.5 Å². The van der Waals surface area contributed by atoms with Crippen LogP contribution < -0.4 is 11.1 Å². The Morgan fingerprint density at radius 1 is 1.47 bits per heavy atom. The van der Waals surface area contributed by atoms with Gasteiger partial charge in [-0.05, 0) is 39.7 Å². The second-order valence-corrected chi connectivity index (χ2v) is 5.02. The maximum Gasteiger partial charge on any atom is 0.0644 e. The van der Waals surface area contributed by atoms with Gasteiger partial charge in [-0.1, -0.05) is 0 Å². The maximum absolute atomic E-state index is 8.76. The summed E-state index contributed by atoms with van der Waals surface area (Å²) < 4.78 is 5.68. The molecule has 1 heterocycles. The van der Waals surface area contributed by atoms with Crippen molar-refractivity contribution in [3.05, 3.63) is 0 Å². The van der Waals surface area contributed by atoms with E-state index in [1.807, 2.05) is 0 Å². The number of rotatable bonds is 5. The molecule has 1 saturated heterocycles. The Kier molecular flexibility index (Phi) is 4.52. The number of nitrogens with two attached hydrogens (primary N) is 1. The molecular formula is C11H24N2O2. The normalized spacial score (nSPS) is 30.4. The van der Waals surface area contributed by atoms with Gasteiger partial charge in [0.05, 0.1) is 5.60 Å². The van der Waals surface area contributed by atoms with Crippen LogP contribution in [0.2, 0.25) is 0 Å². The van der Waals surface area contributed by atoms with Crippen LogP contribution in [0.25, 0.3) is 0 Å². The highest BCUT2D eigenvalue weighted by atomic mass is 16.5. The third kappa shape index (κ3) is 3.72. The average Bonchev–Trinajstić information content (AvgIpc) is 2.17. The summed E-state index contributed by atoms with van der Waals surface area (Å²) in [7, 11) is 0. The summed E-state index contributed by atoms with van der Waals surface area (Å²) in [5, 5.41) is 12.2. The predicted molar refractivity (Wildman–Crippen MR) is 60.8 cm³/mol. The van der Waals surface area contributed by atoms with Gasteiger partial charge in [0.1, 0.15) is 0 Å². The van der Waals surface area contributed by atoms with Crippen molar-refractivity contribution in [3.63, 3.8) is 0 Å². The molecule has 4 N–H and O–H groups in total. The van der Waals surface area contributed by atoms with Crippen LogP contribution in [-0.2, 0) is 4.74 Å². The van der Waals surface area contributed by atoms with Gasteiger partial charge in [-0.2, -0.15) is 0 Å². The van der Waals surface area contributed by atoms with Gasteiger partial charge in [0, 0.05) is 25.3 Å². The first-order valence-electron chi connectivity index (χ1n) is 5.74. The van der Waals surface area contributed by atoms with Crippen molar-refractivity contribution in [3.8, 4) is 0 Å². The zero-order valence-corrected chi connectivity index (χ0v) is 9.88. The molecular weight excluding hydrogens is 192 g/mol. The van der Waals surface area contributed by atoms with E-state index in [4.69, 9.17) is 15.6 Å². The third-order valence-corrected chi connectivity index (χ3v) is 3.06. The Labute approximate surface area is 92.2 Å². The predicted octanol–water partition coefficient (Wildman–Crippen LogP) is 0.245. The summed E-state index contributed by atoms with van der Waals surface area (Å²) in [6.45, 7) is 6.65. The van der Waals surface area contributed by atoms with Crippen LogP contribution in [0, 0.1) is 0 Å². The molecule has 1 unspecified atom stereocenters. The molecule has 0 bridgehead atoms. The van der Waals surface area contributed by atoms with Crippen LogP contribution in [0.15, 0.2) is 0 Å². The molecule has 90 valence electrons. The van der Waals surface area contributed by atoms with Gasteiger partial charge in [0.25, 0.3) is 0 Å². The number of aliphatic hydroxyl groups excluding tert-OH is 1. The second-order valence-electron chi connectivity index (χ2n) is 5.02. The lowest BCUT2D eigenvalue weighted by Crippen LogP contribution is -2.59. The molecule has 0 amide bonds. The number of aliphatic hydroxyl groups is 1. The molecule has 4 heteroatoms. The standard InChI is InChI=1S/C11H24N2O2/c1-10(2)8-11(9-12,4-7-15-10)13-5-3-6-14/h13-14H,3-9,12H2,1-2H3. The van der Waals surface area contributed by atoms with Gasteiger partial charge in [-0.25, -0.2) is 0 Å². The summed E-state index contributed by atoms with van der Waals surface area (Å²) >= 11 is 0. The van der Waals surface area contributed by atoms with Gasteiger partial charge in [0.2, 0.25) is 0 Å². The third-order valence-electron chi connectivity index (χ3n) is 3.06. The maximum atomic E-state index is 8.76. The molecule has 1 aliphatic rings. The molecule has 0 radical (unpaired) electrons. The van der Waals surface area contributed by atoms with E-state index in [1.54, 1.807) is 0 Å². The number of nitrogens with one attached hydrogen (secondary N) is 1. The highest BCUT2D eigenvalue weighted by Crippen LogP contribution is 2.31. The minimum atomic E-state index is -0.0934. The first kappa shape index (κ1) is 12.9. The van der Waals surface area contributed by atoms with Gasteiger partial charge in [-0.15, -0.1) is 0 Å². The van der Waals surface area contributed by atoms with Crippen molar-refractivity contribution in [2.45, 2.75) is 44.2 Å². The fourth-order valence-corrected chi connectivity index (χ4v) is 2.31. The summed E-state index contributed by atoms with van der Waals surface area (Å²) in [5.41, 5.74) is 5.76. The molecule has 4 nitrogen and oxygen atoms in total. The zero-order valence-electron chi connectivity index (χ0n) is 9.88. The van der Waals surface area contributed by atoms with Crippen molar-refractivity contribution in [2.75, 3.05) is 26.3 Å². The van der Waals surface area contributed by atoms with Crippen LogP contribution in [0.5, 0.6) is 0 Å². The quantitative estimate of drug-likeness (QED) is 0.576. The number of ether oxygens (including phenoxy) is 1. The number of hydrogen-bond donors (Lipinski definition) is 3. The topological polar surface area (TPSA) is 67.5 Å². The Balaban J connectivity index is 2.51. The van der Waals surface area contributed by atoms with Gasteiger partial charge in [0.15, 0.2) is 0 Å². The van der Waals surface area contributed by atoms with E-state index in [1.165, 1.54) is 0 Å². The van der Waals surface area contributed by atoms with Crippen molar-refractivity contribution in [1.29, 1.82) is 0 Å². The van der Waals surface area contributed by atoms with E-state index in [2.05, 4.69) is 19.2 Å². The van der Waals surface area contributed by atoms with Gasteiger partial charge < -0.3 is 20.9 Å². The van der Waals surface area contributed by atoms with E-state index in [9.17, 15) is 0 Å². The molecule has 0 aromatic carbocycles. The lowest BCUT2D eigenvalue weighted by Gasteiger charge is -2.45.